The minimum absolute atomic E-state index is 0.657. The molecule has 4 nitrogen and oxygen atoms in total. The van der Waals surface area contributed by atoms with E-state index in [2.05, 4.69) is 47.2 Å². The van der Waals surface area contributed by atoms with Gasteiger partial charge in [0.15, 0.2) is 0 Å². The van der Waals surface area contributed by atoms with Crippen LogP contribution in [0.25, 0.3) is 11.1 Å². The summed E-state index contributed by atoms with van der Waals surface area (Å²) in [6.07, 6.45) is 2.65. The zero-order chi connectivity index (χ0) is 19.2. The molecule has 0 atom stereocenters. The molecule has 0 aliphatic carbocycles. The second kappa shape index (κ2) is 8.46. The van der Waals surface area contributed by atoms with E-state index in [0.29, 0.717) is 11.4 Å². The van der Waals surface area contributed by atoms with Crippen LogP contribution in [0, 0.1) is 18.3 Å². The highest BCUT2D eigenvalue weighted by atomic mass is 16.5. The van der Waals surface area contributed by atoms with Crippen molar-refractivity contribution in [2.75, 3.05) is 7.11 Å². The smallest absolute Gasteiger partial charge is 0.220 e. The number of methoxy groups -OCH3 is 1. The fourth-order valence-electron chi connectivity index (χ4n) is 3.25. The SMILES string of the molecule is CCCc1nc(C)nc(OC)c1Cc1ccc(-c2ccccc2C#N)cc1. The van der Waals surface area contributed by atoms with E-state index in [1.807, 2.05) is 31.2 Å². The summed E-state index contributed by atoms with van der Waals surface area (Å²) >= 11 is 0. The number of rotatable bonds is 6. The predicted molar refractivity (Wildman–Crippen MR) is 107 cm³/mol. The molecule has 2 aromatic carbocycles. The highest BCUT2D eigenvalue weighted by Gasteiger charge is 2.14. The largest absolute Gasteiger partial charge is 0.481 e. The third-order valence-electron chi connectivity index (χ3n) is 4.54. The summed E-state index contributed by atoms with van der Waals surface area (Å²) in [5, 5.41) is 9.31. The first-order valence-corrected chi connectivity index (χ1v) is 9.15. The van der Waals surface area contributed by atoms with Crippen LogP contribution in [0.15, 0.2) is 48.5 Å². The Kier molecular flexibility index (Phi) is 5.83. The molecule has 0 aliphatic rings. The van der Waals surface area contributed by atoms with E-state index in [1.165, 1.54) is 0 Å². The first kappa shape index (κ1) is 18.6. The van der Waals surface area contributed by atoms with Crippen LogP contribution in [0.2, 0.25) is 0 Å². The molecule has 136 valence electrons. The van der Waals surface area contributed by atoms with E-state index in [4.69, 9.17) is 4.74 Å². The van der Waals surface area contributed by atoms with Crippen molar-refractivity contribution in [3.63, 3.8) is 0 Å². The van der Waals surface area contributed by atoms with Crippen LogP contribution in [0.4, 0.5) is 0 Å². The van der Waals surface area contributed by atoms with Gasteiger partial charge in [-0.1, -0.05) is 55.8 Å². The van der Waals surface area contributed by atoms with Gasteiger partial charge < -0.3 is 4.74 Å². The Balaban J connectivity index is 1.93. The van der Waals surface area contributed by atoms with Gasteiger partial charge in [0.05, 0.1) is 24.4 Å². The van der Waals surface area contributed by atoms with Crippen LogP contribution in [-0.4, -0.2) is 17.1 Å². The number of aryl methyl sites for hydroxylation is 2. The van der Waals surface area contributed by atoms with Gasteiger partial charge in [0, 0.05) is 12.0 Å². The van der Waals surface area contributed by atoms with Crippen molar-refractivity contribution in [2.24, 2.45) is 0 Å². The molecule has 0 amide bonds. The Morgan fingerprint density at radius 3 is 2.44 bits per heavy atom. The van der Waals surface area contributed by atoms with Crippen molar-refractivity contribution in [3.05, 3.63) is 76.7 Å². The van der Waals surface area contributed by atoms with Gasteiger partial charge in [0.1, 0.15) is 5.82 Å². The third kappa shape index (κ3) is 4.15. The number of hydrogen-bond donors (Lipinski definition) is 0. The summed E-state index contributed by atoms with van der Waals surface area (Å²) in [6, 6.07) is 18.2. The van der Waals surface area contributed by atoms with Crippen molar-refractivity contribution in [2.45, 2.75) is 33.1 Å². The number of hydrogen-bond acceptors (Lipinski definition) is 4. The molecule has 0 saturated carbocycles. The fourth-order valence-corrected chi connectivity index (χ4v) is 3.25. The molecular formula is C23H23N3O. The molecule has 0 N–H and O–H groups in total. The lowest BCUT2D eigenvalue weighted by Crippen LogP contribution is -2.07. The van der Waals surface area contributed by atoms with Gasteiger partial charge in [-0.25, -0.2) is 4.98 Å². The highest BCUT2D eigenvalue weighted by molar-refractivity contribution is 5.70. The molecule has 1 aromatic heterocycles. The van der Waals surface area contributed by atoms with E-state index in [0.717, 1.165) is 53.0 Å². The Labute approximate surface area is 160 Å². The second-order valence-electron chi connectivity index (χ2n) is 6.49. The fraction of sp³-hybridized carbons (Fsp3) is 0.261. The zero-order valence-corrected chi connectivity index (χ0v) is 16.0. The summed E-state index contributed by atoms with van der Waals surface area (Å²) in [5.41, 5.74) is 5.95. The minimum Gasteiger partial charge on any atom is -0.481 e. The monoisotopic (exact) mass is 357 g/mol. The molecule has 0 fully saturated rings. The van der Waals surface area contributed by atoms with Crippen LogP contribution in [0.5, 0.6) is 5.88 Å². The lowest BCUT2D eigenvalue weighted by molar-refractivity contribution is 0.389. The van der Waals surface area contributed by atoms with Crippen molar-refractivity contribution in [1.82, 2.24) is 9.97 Å². The number of nitrogens with zero attached hydrogens (tertiary/aromatic N) is 3. The quantitative estimate of drug-likeness (QED) is 0.631. The van der Waals surface area contributed by atoms with Crippen LogP contribution in [0.1, 0.15) is 41.6 Å². The molecule has 0 radical (unpaired) electrons. The van der Waals surface area contributed by atoms with Crippen molar-refractivity contribution in [3.8, 4) is 23.1 Å². The van der Waals surface area contributed by atoms with E-state index < -0.39 is 0 Å². The lowest BCUT2D eigenvalue weighted by Gasteiger charge is -2.13. The predicted octanol–water partition coefficient (Wildman–Crippen LogP) is 4.88. The molecule has 4 heteroatoms. The summed E-state index contributed by atoms with van der Waals surface area (Å²) in [6.45, 7) is 4.04. The molecule has 0 aliphatic heterocycles. The molecule has 3 aromatic rings. The lowest BCUT2D eigenvalue weighted by atomic mass is 9.97. The maximum absolute atomic E-state index is 9.31. The zero-order valence-electron chi connectivity index (χ0n) is 16.0. The molecule has 27 heavy (non-hydrogen) atoms. The van der Waals surface area contributed by atoms with E-state index in [9.17, 15) is 5.26 Å². The number of nitriles is 1. The molecule has 3 rings (SSSR count). The van der Waals surface area contributed by atoms with Crippen LogP contribution in [0.3, 0.4) is 0 Å². The summed E-state index contributed by atoms with van der Waals surface area (Å²) < 4.78 is 5.52. The standard InChI is InChI=1S/C23H23N3O/c1-4-7-22-21(23(27-3)26-16(2)25-22)14-17-10-12-18(13-11-17)20-9-6-5-8-19(20)15-24/h5-6,8-13H,4,7,14H2,1-3H3. The van der Waals surface area contributed by atoms with Crippen molar-refractivity contribution < 1.29 is 4.74 Å². The Bertz CT molecular complexity index is 972. The van der Waals surface area contributed by atoms with Gasteiger partial charge in [-0.3, -0.25) is 0 Å². The van der Waals surface area contributed by atoms with Gasteiger partial charge in [-0.15, -0.1) is 0 Å². The molecule has 0 unspecified atom stereocenters. The van der Waals surface area contributed by atoms with E-state index in [-0.39, 0.29) is 0 Å². The topological polar surface area (TPSA) is 58.8 Å². The van der Waals surface area contributed by atoms with Crippen LogP contribution >= 0.6 is 0 Å². The van der Waals surface area contributed by atoms with Crippen LogP contribution in [-0.2, 0) is 12.8 Å². The van der Waals surface area contributed by atoms with Crippen molar-refractivity contribution in [1.29, 1.82) is 5.26 Å². The summed E-state index contributed by atoms with van der Waals surface area (Å²) in [4.78, 5) is 9.08. The molecular weight excluding hydrogens is 334 g/mol. The minimum atomic E-state index is 0.657. The van der Waals surface area contributed by atoms with E-state index in [1.54, 1.807) is 7.11 Å². The Morgan fingerprint density at radius 2 is 1.78 bits per heavy atom. The van der Waals surface area contributed by atoms with Gasteiger partial charge in [0.25, 0.3) is 0 Å². The molecule has 0 saturated heterocycles. The average molecular weight is 357 g/mol. The van der Waals surface area contributed by atoms with Gasteiger partial charge in [-0.05, 0) is 36.1 Å². The second-order valence-corrected chi connectivity index (χ2v) is 6.49. The average Bonchev–Trinajstić information content (AvgIpc) is 2.70. The number of benzene rings is 2. The summed E-state index contributed by atoms with van der Waals surface area (Å²) in [7, 11) is 1.66. The first-order chi connectivity index (χ1) is 13.2. The molecule has 0 bridgehead atoms. The van der Waals surface area contributed by atoms with Crippen LogP contribution < -0.4 is 4.74 Å². The maximum atomic E-state index is 9.31. The molecule has 0 spiro atoms. The summed E-state index contributed by atoms with van der Waals surface area (Å²) in [5.74, 6) is 1.40. The van der Waals surface area contributed by atoms with Crippen molar-refractivity contribution >= 4 is 0 Å². The Morgan fingerprint density at radius 1 is 1.04 bits per heavy atom. The first-order valence-electron chi connectivity index (χ1n) is 9.15. The maximum Gasteiger partial charge on any atom is 0.220 e. The van der Waals surface area contributed by atoms with Gasteiger partial charge in [0.2, 0.25) is 5.88 Å². The number of ether oxygens (including phenoxy) is 1. The highest BCUT2D eigenvalue weighted by Crippen LogP contribution is 2.27. The van der Waals surface area contributed by atoms with Gasteiger partial charge in [-0.2, -0.15) is 10.2 Å². The third-order valence-corrected chi connectivity index (χ3v) is 4.54. The van der Waals surface area contributed by atoms with Gasteiger partial charge >= 0.3 is 0 Å². The number of aromatic nitrogens is 2. The Hall–Kier alpha value is -3.19. The molecule has 1 heterocycles. The van der Waals surface area contributed by atoms with E-state index >= 15 is 0 Å². The normalized spacial score (nSPS) is 10.4.